The molecule has 5 atom stereocenters. The zero-order valence-corrected chi connectivity index (χ0v) is 22.1. The van der Waals surface area contributed by atoms with Gasteiger partial charge in [-0.05, 0) is 30.3 Å². The molecular weight excluding hydrogens is 462 g/mol. The van der Waals surface area contributed by atoms with Crippen LogP contribution in [0.2, 0.25) is 18.1 Å². The predicted octanol–water partition coefficient (Wildman–Crippen LogP) is 4.49. The average Bonchev–Trinajstić information content (AvgIpc) is 3.39. The average molecular weight is 501 g/mol. The van der Waals surface area contributed by atoms with E-state index in [4.69, 9.17) is 16.6 Å². The minimum atomic E-state index is -2.19. The number of ether oxygens (including phenoxy) is 2. The van der Waals surface area contributed by atoms with Gasteiger partial charge in [-0.3, -0.25) is 10.1 Å². The number of carbonyl (C=O) groups is 1. The molecule has 1 aliphatic rings. The molecule has 188 valence electrons. The number of methoxy groups -OCH3 is 1. The highest BCUT2D eigenvalue weighted by Crippen LogP contribution is 2.45. The number of aromatic nitrogens is 4. The number of benzene rings is 1. The highest BCUT2D eigenvalue weighted by atomic mass is 28.4. The van der Waals surface area contributed by atoms with Gasteiger partial charge in [0.2, 0.25) is 5.95 Å². The fourth-order valence-corrected chi connectivity index (χ4v) is 5.35. The van der Waals surface area contributed by atoms with Crippen LogP contribution in [0.5, 0.6) is 0 Å². The number of anilines is 1. The smallest absolute Gasteiger partial charge is 0.258 e. The Hall–Kier alpha value is -2.66. The third-order valence-corrected chi connectivity index (χ3v) is 11.6. The van der Waals surface area contributed by atoms with E-state index in [2.05, 4.69) is 54.2 Å². The summed E-state index contributed by atoms with van der Waals surface area (Å²) in [5.41, 5.74) is 1.71. The maximum absolute atomic E-state index is 12.7. The van der Waals surface area contributed by atoms with E-state index in [0.717, 1.165) is 0 Å². The molecule has 0 bridgehead atoms. The van der Waals surface area contributed by atoms with Gasteiger partial charge >= 0.3 is 0 Å². The number of nitrogens with one attached hydrogen (secondary N) is 1. The predicted molar refractivity (Wildman–Crippen MR) is 136 cm³/mol. The summed E-state index contributed by atoms with van der Waals surface area (Å²) in [4.78, 5) is 21.4. The van der Waals surface area contributed by atoms with Crippen LogP contribution in [0.1, 0.15) is 52.5 Å². The molecule has 10 heteroatoms. The van der Waals surface area contributed by atoms with Crippen molar-refractivity contribution in [1.29, 1.82) is 0 Å². The molecule has 0 aliphatic carbocycles. The third kappa shape index (κ3) is 5.01. The molecule has 3 aromatic rings. The molecule has 4 rings (SSSR count). The molecular formula is C25H35N5O4Si. The molecule has 1 amide bonds. The SMILES string of the molecule is [2H]C([3H])OCC1OC(c2cnn3c(NC(=O)c4ccccc4)ncnc23)C(O[Si](C)(C)C(C)(C)C)C1C. The van der Waals surface area contributed by atoms with E-state index in [1.807, 2.05) is 13.0 Å². The van der Waals surface area contributed by atoms with Crippen LogP contribution in [0.3, 0.4) is 0 Å². The summed E-state index contributed by atoms with van der Waals surface area (Å²) in [5, 5.41) is 7.27. The standard InChI is InChI=1S/C25H35N5O4Si/c1-16-19(14-32-5)33-21(20(16)34-35(6,7)25(2,3)4)18-13-28-30-22(18)26-15-27-24(30)29-23(31)17-11-9-8-10-12-17/h8-13,15-16,19-21H,14H2,1-7H3,(H,26,27,29,31)/i5TD. The van der Waals surface area contributed by atoms with Gasteiger partial charge in [0.1, 0.15) is 12.4 Å². The third-order valence-electron chi connectivity index (χ3n) is 7.12. The molecule has 5 unspecified atom stereocenters. The van der Waals surface area contributed by atoms with Crippen LogP contribution in [-0.4, -0.2) is 59.7 Å². The molecule has 1 aromatic carbocycles. The van der Waals surface area contributed by atoms with E-state index < -0.39 is 21.5 Å². The van der Waals surface area contributed by atoms with E-state index >= 15 is 0 Å². The fraction of sp³-hybridized carbons (Fsp3) is 0.520. The van der Waals surface area contributed by atoms with E-state index in [0.29, 0.717) is 16.8 Å². The second-order valence-corrected chi connectivity index (χ2v) is 15.2. The van der Waals surface area contributed by atoms with Gasteiger partial charge in [-0.15, -0.1) is 0 Å². The summed E-state index contributed by atoms with van der Waals surface area (Å²) in [6.07, 6.45) is 1.87. The fourth-order valence-electron chi connectivity index (χ4n) is 3.98. The van der Waals surface area contributed by atoms with E-state index in [9.17, 15) is 4.79 Å². The van der Waals surface area contributed by atoms with E-state index in [1.165, 1.54) is 10.8 Å². The normalized spacial score (nSPS) is 24.7. The minimum absolute atomic E-state index is 0.0164. The lowest BCUT2D eigenvalue weighted by molar-refractivity contribution is -0.0201. The van der Waals surface area contributed by atoms with Gasteiger partial charge in [0.25, 0.3) is 5.91 Å². The Kier molecular flexibility index (Phi) is 6.36. The van der Waals surface area contributed by atoms with E-state index in [-0.39, 0.29) is 41.6 Å². The second kappa shape index (κ2) is 9.77. The number of hydrogen-bond donors (Lipinski definition) is 1. The molecule has 35 heavy (non-hydrogen) atoms. The van der Waals surface area contributed by atoms with Crippen LogP contribution in [-0.2, 0) is 13.9 Å². The Balaban J connectivity index is 1.67. The van der Waals surface area contributed by atoms with E-state index in [1.54, 1.807) is 30.5 Å². The van der Waals surface area contributed by atoms with Crippen molar-refractivity contribution >= 4 is 25.8 Å². The number of carbonyl (C=O) groups excluding carboxylic acids is 1. The maximum Gasteiger partial charge on any atom is 0.258 e. The summed E-state index contributed by atoms with van der Waals surface area (Å²) >= 11 is 0. The Morgan fingerprint density at radius 1 is 1.31 bits per heavy atom. The van der Waals surface area contributed by atoms with Crippen molar-refractivity contribution in [3.8, 4) is 0 Å². The van der Waals surface area contributed by atoms with Crippen molar-refractivity contribution in [1.82, 2.24) is 19.6 Å². The van der Waals surface area contributed by atoms with Crippen molar-refractivity contribution in [2.75, 3.05) is 19.0 Å². The summed E-state index contributed by atoms with van der Waals surface area (Å²) in [7, 11) is -3.58. The molecule has 0 saturated carbocycles. The molecule has 1 saturated heterocycles. The molecule has 1 fully saturated rings. The summed E-state index contributed by atoms with van der Waals surface area (Å²) < 4.78 is 34.9. The van der Waals surface area contributed by atoms with Crippen molar-refractivity contribution < 1.29 is 21.4 Å². The van der Waals surface area contributed by atoms with Crippen LogP contribution in [0.25, 0.3) is 5.65 Å². The van der Waals surface area contributed by atoms with Gasteiger partial charge in [0, 0.05) is 24.1 Å². The summed E-state index contributed by atoms with van der Waals surface area (Å²) in [6, 6.07) is 8.87. The van der Waals surface area contributed by atoms with Crippen molar-refractivity contribution in [3.05, 3.63) is 54.0 Å². The lowest BCUT2D eigenvalue weighted by Gasteiger charge is -2.40. The van der Waals surface area contributed by atoms with Crippen LogP contribution in [0.4, 0.5) is 5.95 Å². The Morgan fingerprint density at radius 3 is 2.74 bits per heavy atom. The van der Waals surface area contributed by atoms with Gasteiger partial charge in [-0.25, -0.2) is 9.97 Å². The number of hydrogen-bond acceptors (Lipinski definition) is 7. The first-order valence-electron chi connectivity index (χ1n) is 12.9. The van der Waals surface area contributed by atoms with Crippen molar-refractivity contribution in [2.24, 2.45) is 5.92 Å². The van der Waals surface area contributed by atoms with Crippen LogP contribution < -0.4 is 5.32 Å². The van der Waals surface area contributed by atoms with Crippen molar-refractivity contribution in [2.45, 2.75) is 64.1 Å². The topological polar surface area (TPSA) is 99.9 Å². The monoisotopic (exact) mass is 500 g/mol. The van der Waals surface area contributed by atoms with Gasteiger partial charge in [0.05, 0.1) is 27.8 Å². The second-order valence-electron chi connectivity index (χ2n) is 10.5. The molecule has 2 aromatic heterocycles. The highest BCUT2D eigenvalue weighted by Gasteiger charge is 2.49. The molecule has 9 nitrogen and oxygen atoms in total. The lowest BCUT2D eigenvalue weighted by Crippen LogP contribution is -2.46. The zero-order valence-electron chi connectivity index (χ0n) is 23.1. The molecule has 3 heterocycles. The molecule has 0 spiro atoms. The number of nitrogens with zero attached hydrogens (tertiary/aromatic N) is 4. The molecule has 1 N–H and O–H groups in total. The maximum atomic E-state index is 12.7. The minimum Gasteiger partial charge on any atom is -0.411 e. The Bertz CT molecular complexity index is 1230. The quantitative estimate of drug-likeness (QED) is 0.477. The van der Waals surface area contributed by atoms with Gasteiger partial charge in [-0.2, -0.15) is 9.61 Å². The van der Waals surface area contributed by atoms with Gasteiger partial charge in [0.15, 0.2) is 14.0 Å². The Morgan fingerprint density at radius 2 is 2.06 bits per heavy atom. The largest absolute Gasteiger partial charge is 0.411 e. The zero-order chi connectivity index (χ0) is 27.0. The molecule has 0 radical (unpaired) electrons. The highest BCUT2D eigenvalue weighted by molar-refractivity contribution is 6.74. The summed E-state index contributed by atoms with van der Waals surface area (Å²) in [6.45, 7) is 13.1. The summed E-state index contributed by atoms with van der Waals surface area (Å²) in [5.74, 6) is -0.129. The van der Waals surface area contributed by atoms with Gasteiger partial charge < -0.3 is 13.9 Å². The van der Waals surface area contributed by atoms with Gasteiger partial charge in [-0.1, -0.05) is 45.9 Å². The van der Waals surface area contributed by atoms with Crippen LogP contribution >= 0.6 is 0 Å². The number of fused-ring (bicyclic) bond motifs is 1. The first-order chi connectivity index (χ1) is 17.4. The first-order valence-corrected chi connectivity index (χ1v) is 14.6. The van der Waals surface area contributed by atoms with Crippen LogP contribution in [0.15, 0.2) is 42.9 Å². The molecule has 1 aliphatic heterocycles. The Labute approximate surface area is 210 Å². The first kappa shape index (κ1) is 22.8. The number of rotatable bonds is 7. The number of amides is 1. The van der Waals surface area contributed by atoms with Crippen LogP contribution in [0, 0.1) is 5.92 Å². The van der Waals surface area contributed by atoms with Crippen molar-refractivity contribution in [3.63, 3.8) is 0 Å². The lowest BCUT2D eigenvalue weighted by atomic mass is 9.96.